The Balaban J connectivity index is 1.51. The first-order chi connectivity index (χ1) is 14.1. The van der Waals surface area contributed by atoms with Crippen LogP contribution in [0, 0.1) is 6.92 Å². The van der Waals surface area contributed by atoms with Crippen LogP contribution in [0.15, 0.2) is 48.4 Å². The van der Waals surface area contributed by atoms with E-state index < -0.39 is 0 Å². The zero-order valence-corrected chi connectivity index (χ0v) is 17.8. The minimum absolute atomic E-state index is 0.0724. The lowest BCUT2D eigenvalue weighted by molar-refractivity contribution is 0.0957. The van der Waals surface area contributed by atoms with E-state index in [1.165, 1.54) is 16.2 Å². The molecule has 29 heavy (non-hydrogen) atoms. The van der Waals surface area contributed by atoms with Crippen molar-refractivity contribution in [3.63, 3.8) is 0 Å². The third kappa shape index (κ3) is 4.28. The van der Waals surface area contributed by atoms with Gasteiger partial charge in [0.1, 0.15) is 17.0 Å². The van der Waals surface area contributed by atoms with Crippen LogP contribution in [0.3, 0.4) is 0 Å². The molecular formula is C21H21N5OS2. The fourth-order valence-corrected chi connectivity index (χ4v) is 4.96. The summed E-state index contributed by atoms with van der Waals surface area (Å²) in [7, 11) is 0. The van der Waals surface area contributed by atoms with Crippen molar-refractivity contribution in [3.8, 4) is 0 Å². The third-order valence-corrected chi connectivity index (χ3v) is 6.96. The fraction of sp³-hybridized carbons (Fsp3) is 0.238. The van der Waals surface area contributed by atoms with Gasteiger partial charge in [-0.25, -0.2) is 9.97 Å². The van der Waals surface area contributed by atoms with E-state index in [0.29, 0.717) is 11.4 Å². The van der Waals surface area contributed by atoms with Gasteiger partial charge in [0.05, 0.1) is 16.3 Å². The van der Waals surface area contributed by atoms with E-state index in [0.717, 1.165) is 33.6 Å². The number of nitrogens with one attached hydrogen (secondary N) is 2. The molecule has 8 heteroatoms. The van der Waals surface area contributed by atoms with Gasteiger partial charge in [0.2, 0.25) is 0 Å². The quantitative estimate of drug-likeness (QED) is 0.454. The molecule has 0 aliphatic rings. The summed E-state index contributed by atoms with van der Waals surface area (Å²) in [5.74, 6) is 0.692. The number of thiophene rings is 2. The van der Waals surface area contributed by atoms with Crippen molar-refractivity contribution in [1.82, 2.24) is 20.3 Å². The van der Waals surface area contributed by atoms with Crippen molar-refractivity contribution >= 4 is 44.6 Å². The molecule has 0 aromatic carbocycles. The molecule has 1 amide bonds. The average Bonchev–Trinajstić information content (AvgIpc) is 3.38. The van der Waals surface area contributed by atoms with Gasteiger partial charge in [0.25, 0.3) is 5.91 Å². The van der Waals surface area contributed by atoms with Crippen molar-refractivity contribution in [2.45, 2.75) is 26.3 Å². The smallest absolute Gasteiger partial charge is 0.261 e. The number of aryl methyl sites for hydroxylation is 1. The maximum absolute atomic E-state index is 12.8. The number of anilines is 1. The molecule has 6 nitrogen and oxygen atoms in total. The van der Waals surface area contributed by atoms with Crippen LogP contribution in [0.4, 0.5) is 5.82 Å². The summed E-state index contributed by atoms with van der Waals surface area (Å²) >= 11 is 3.11. The molecule has 1 atom stereocenters. The number of nitrogens with zero attached hydrogens (tertiary/aromatic N) is 3. The molecule has 0 spiro atoms. The van der Waals surface area contributed by atoms with Crippen LogP contribution >= 0.6 is 22.7 Å². The lowest BCUT2D eigenvalue weighted by Crippen LogP contribution is -2.25. The number of carbonyl (C=O) groups excluding carboxylic acids is 1. The molecule has 2 N–H and O–H groups in total. The monoisotopic (exact) mass is 423 g/mol. The number of hydrogen-bond acceptors (Lipinski definition) is 7. The second kappa shape index (κ2) is 8.67. The number of pyridine rings is 1. The normalized spacial score (nSPS) is 12.1. The van der Waals surface area contributed by atoms with Crippen LogP contribution < -0.4 is 10.6 Å². The minimum atomic E-state index is -0.0724. The highest BCUT2D eigenvalue weighted by Crippen LogP contribution is 2.35. The Labute approximate surface area is 177 Å². The SMILES string of the molecule is Cc1c(C(=O)NCCc2ccncc2)sc2ncnc(N[C@H](C)c3cccs3)c12. The van der Waals surface area contributed by atoms with E-state index >= 15 is 0 Å². The van der Waals surface area contributed by atoms with Gasteiger partial charge in [-0.3, -0.25) is 9.78 Å². The predicted octanol–water partition coefficient (Wildman–Crippen LogP) is 4.60. The number of carbonyl (C=O) groups is 1. The van der Waals surface area contributed by atoms with Crippen LogP contribution in [0.25, 0.3) is 10.2 Å². The van der Waals surface area contributed by atoms with Gasteiger partial charge in [0, 0.05) is 23.8 Å². The zero-order chi connectivity index (χ0) is 20.2. The Kier molecular flexibility index (Phi) is 5.82. The highest BCUT2D eigenvalue weighted by Gasteiger charge is 2.20. The molecule has 0 saturated heterocycles. The fourth-order valence-electron chi connectivity index (χ4n) is 3.16. The molecule has 4 heterocycles. The van der Waals surface area contributed by atoms with Crippen LogP contribution in [0.2, 0.25) is 0 Å². The standard InChI is InChI=1S/C21H21N5OS2/c1-13-17-19(26-14(2)16-4-3-11-28-16)24-12-25-21(17)29-18(13)20(27)23-10-7-15-5-8-22-9-6-15/h3-6,8-9,11-12,14H,7,10H2,1-2H3,(H,23,27)(H,24,25,26)/t14-/m1/s1. The molecule has 0 saturated carbocycles. The predicted molar refractivity (Wildman–Crippen MR) is 119 cm³/mol. The molecule has 0 unspecified atom stereocenters. The lowest BCUT2D eigenvalue weighted by atomic mass is 10.1. The summed E-state index contributed by atoms with van der Waals surface area (Å²) in [6.07, 6.45) is 5.84. The van der Waals surface area contributed by atoms with Crippen LogP contribution in [-0.2, 0) is 6.42 Å². The average molecular weight is 424 g/mol. The molecule has 0 fully saturated rings. The number of hydrogen-bond donors (Lipinski definition) is 2. The maximum Gasteiger partial charge on any atom is 0.261 e. The Morgan fingerprint density at radius 3 is 2.79 bits per heavy atom. The van der Waals surface area contributed by atoms with Gasteiger partial charge in [-0.1, -0.05) is 6.07 Å². The van der Waals surface area contributed by atoms with Crippen LogP contribution in [0.5, 0.6) is 0 Å². The van der Waals surface area contributed by atoms with Crippen molar-refractivity contribution in [2.24, 2.45) is 0 Å². The molecule has 4 aromatic heterocycles. The number of rotatable bonds is 7. The lowest BCUT2D eigenvalue weighted by Gasteiger charge is -2.13. The largest absolute Gasteiger partial charge is 0.362 e. The summed E-state index contributed by atoms with van der Waals surface area (Å²) in [5, 5.41) is 9.47. The molecule has 0 radical (unpaired) electrons. The third-order valence-electron chi connectivity index (χ3n) is 4.70. The van der Waals surface area contributed by atoms with Crippen molar-refractivity contribution < 1.29 is 4.79 Å². The van der Waals surface area contributed by atoms with E-state index in [9.17, 15) is 4.79 Å². The van der Waals surface area contributed by atoms with Gasteiger partial charge < -0.3 is 10.6 Å². The van der Waals surface area contributed by atoms with E-state index in [2.05, 4.69) is 44.0 Å². The first-order valence-corrected chi connectivity index (χ1v) is 11.0. The van der Waals surface area contributed by atoms with Crippen molar-refractivity contribution in [2.75, 3.05) is 11.9 Å². The van der Waals surface area contributed by atoms with Crippen molar-refractivity contribution in [1.29, 1.82) is 0 Å². The Morgan fingerprint density at radius 1 is 1.21 bits per heavy atom. The number of amides is 1. The van der Waals surface area contributed by atoms with Gasteiger partial charge in [0.15, 0.2) is 0 Å². The van der Waals surface area contributed by atoms with E-state index in [1.54, 1.807) is 30.1 Å². The summed E-state index contributed by atoms with van der Waals surface area (Å²) in [6, 6.07) is 8.18. The molecule has 148 valence electrons. The molecule has 0 aliphatic heterocycles. The van der Waals surface area contributed by atoms with Gasteiger partial charge >= 0.3 is 0 Å². The molecule has 0 bridgehead atoms. The van der Waals surface area contributed by atoms with E-state index in [4.69, 9.17) is 0 Å². The summed E-state index contributed by atoms with van der Waals surface area (Å²) in [5.41, 5.74) is 2.06. The van der Waals surface area contributed by atoms with Gasteiger partial charge in [-0.2, -0.15) is 0 Å². The topological polar surface area (TPSA) is 79.8 Å². The molecule has 4 aromatic rings. The summed E-state index contributed by atoms with van der Waals surface area (Å²) in [4.78, 5) is 28.3. The highest BCUT2D eigenvalue weighted by molar-refractivity contribution is 7.20. The van der Waals surface area contributed by atoms with E-state index in [-0.39, 0.29) is 11.9 Å². The van der Waals surface area contributed by atoms with Crippen LogP contribution in [-0.4, -0.2) is 27.4 Å². The number of fused-ring (bicyclic) bond motifs is 1. The maximum atomic E-state index is 12.8. The minimum Gasteiger partial charge on any atom is -0.362 e. The number of aromatic nitrogens is 3. The van der Waals surface area contributed by atoms with E-state index in [1.807, 2.05) is 25.1 Å². The Morgan fingerprint density at radius 2 is 2.03 bits per heavy atom. The molecule has 0 aliphatic carbocycles. The molecule has 4 rings (SSSR count). The Hall–Kier alpha value is -2.84. The van der Waals surface area contributed by atoms with Gasteiger partial charge in [-0.05, 0) is 55.0 Å². The summed E-state index contributed by atoms with van der Waals surface area (Å²) < 4.78 is 0. The molecular weight excluding hydrogens is 402 g/mol. The van der Waals surface area contributed by atoms with Gasteiger partial charge in [-0.15, -0.1) is 22.7 Å². The Bertz CT molecular complexity index is 1110. The summed E-state index contributed by atoms with van der Waals surface area (Å²) in [6.45, 7) is 4.64. The van der Waals surface area contributed by atoms with Crippen LogP contribution in [0.1, 0.15) is 38.6 Å². The van der Waals surface area contributed by atoms with Crippen molar-refractivity contribution in [3.05, 3.63) is 69.2 Å². The second-order valence-corrected chi connectivity index (χ2v) is 8.68. The first kappa shape index (κ1) is 19.5. The first-order valence-electron chi connectivity index (χ1n) is 9.34. The second-order valence-electron chi connectivity index (χ2n) is 6.70. The highest BCUT2D eigenvalue weighted by atomic mass is 32.1. The zero-order valence-electron chi connectivity index (χ0n) is 16.2.